The van der Waals surface area contributed by atoms with Crippen molar-refractivity contribution in [2.24, 2.45) is 11.8 Å². The van der Waals surface area contributed by atoms with Gasteiger partial charge in [0.15, 0.2) is 0 Å². The highest BCUT2D eigenvalue weighted by molar-refractivity contribution is 5.67. The number of likely N-dealkylation sites (tertiary alicyclic amines) is 1. The Bertz CT molecular complexity index is 353. The van der Waals surface area contributed by atoms with E-state index in [-0.39, 0.29) is 12.2 Å². The molecule has 1 saturated heterocycles. The van der Waals surface area contributed by atoms with Gasteiger partial charge in [0.2, 0.25) is 0 Å². The fourth-order valence-electron chi connectivity index (χ4n) is 3.34. The molecule has 5 nitrogen and oxygen atoms in total. The van der Waals surface area contributed by atoms with E-state index < -0.39 is 0 Å². The normalized spacial score (nSPS) is 20.2. The quantitative estimate of drug-likeness (QED) is 0.567. The van der Waals surface area contributed by atoms with E-state index in [2.05, 4.69) is 12.2 Å². The molecule has 0 aromatic carbocycles. The second kappa shape index (κ2) is 10.9. The van der Waals surface area contributed by atoms with Crippen LogP contribution in [0.4, 0.5) is 4.79 Å². The zero-order valence-electron chi connectivity index (χ0n) is 15.3. The van der Waals surface area contributed by atoms with Crippen LogP contribution in [0.15, 0.2) is 0 Å². The summed E-state index contributed by atoms with van der Waals surface area (Å²) in [4.78, 5) is 13.7. The molecule has 0 aromatic rings. The van der Waals surface area contributed by atoms with Crippen LogP contribution >= 0.6 is 0 Å². The average molecular weight is 341 g/mol. The lowest BCUT2D eigenvalue weighted by Crippen LogP contribution is -2.41. The Kier molecular flexibility index (Phi) is 8.89. The summed E-state index contributed by atoms with van der Waals surface area (Å²) >= 11 is 0. The van der Waals surface area contributed by atoms with Crippen LogP contribution in [0, 0.1) is 11.8 Å². The van der Waals surface area contributed by atoms with E-state index in [1.165, 1.54) is 12.8 Å². The SMILES string of the molecule is CCCCOC(=O)N1CCC(CNCCCC(O)CC2CC2)CC1. The topological polar surface area (TPSA) is 61.8 Å². The van der Waals surface area contributed by atoms with Crippen molar-refractivity contribution in [2.45, 2.75) is 70.8 Å². The molecule has 0 spiro atoms. The molecule has 2 rings (SSSR count). The number of rotatable bonds is 11. The Morgan fingerprint density at radius 1 is 1.21 bits per heavy atom. The molecule has 140 valence electrons. The van der Waals surface area contributed by atoms with Gasteiger partial charge >= 0.3 is 6.09 Å². The van der Waals surface area contributed by atoms with Crippen LogP contribution in [0.2, 0.25) is 0 Å². The second-order valence-electron chi connectivity index (χ2n) is 7.58. The van der Waals surface area contributed by atoms with Crippen LogP contribution in [0.5, 0.6) is 0 Å². The number of carbonyl (C=O) groups is 1. The van der Waals surface area contributed by atoms with Gasteiger partial charge in [-0.05, 0) is 63.5 Å². The Hall–Kier alpha value is -0.810. The van der Waals surface area contributed by atoms with Gasteiger partial charge in [-0.2, -0.15) is 0 Å². The first-order valence-corrected chi connectivity index (χ1v) is 9.99. The number of nitrogens with zero attached hydrogens (tertiary/aromatic N) is 1. The molecule has 2 fully saturated rings. The van der Waals surface area contributed by atoms with E-state index in [0.717, 1.165) is 77.0 Å². The molecule has 0 radical (unpaired) electrons. The van der Waals surface area contributed by atoms with Gasteiger partial charge in [-0.15, -0.1) is 0 Å². The third-order valence-electron chi connectivity index (χ3n) is 5.22. The zero-order valence-corrected chi connectivity index (χ0v) is 15.3. The van der Waals surface area contributed by atoms with Gasteiger partial charge in [0, 0.05) is 13.1 Å². The minimum atomic E-state index is -0.139. The van der Waals surface area contributed by atoms with Gasteiger partial charge in [0.25, 0.3) is 0 Å². The summed E-state index contributed by atoms with van der Waals surface area (Å²) in [5, 5.41) is 13.4. The molecule has 1 aliphatic carbocycles. The predicted molar refractivity (Wildman–Crippen MR) is 96.0 cm³/mol. The van der Waals surface area contributed by atoms with Gasteiger partial charge in [-0.1, -0.05) is 26.2 Å². The molecule has 1 aliphatic heterocycles. The van der Waals surface area contributed by atoms with Crippen molar-refractivity contribution in [3.05, 3.63) is 0 Å². The van der Waals surface area contributed by atoms with Crippen LogP contribution in [0.25, 0.3) is 0 Å². The average Bonchev–Trinajstić information content (AvgIpc) is 3.39. The fourth-order valence-corrected chi connectivity index (χ4v) is 3.34. The minimum Gasteiger partial charge on any atom is -0.449 e. The van der Waals surface area contributed by atoms with E-state index in [0.29, 0.717) is 12.5 Å². The Morgan fingerprint density at radius 2 is 1.96 bits per heavy atom. The highest BCUT2D eigenvalue weighted by Crippen LogP contribution is 2.34. The number of unbranched alkanes of at least 4 members (excludes halogenated alkanes) is 1. The number of ether oxygens (including phenoxy) is 1. The van der Waals surface area contributed by atoms with Gasteiger partial charge in [0.05, 0.1) is 12.7 Å². The molecule has 2 N–H and O–H groups in total. The Labute approximate surface area is 147 Å². The van der Waals surface area contributed by atoms with Crippen LogP contribution in [0.3, 0.4) is 0 Å². The summed E-state index contributed by atoms with van der Waals surface area (Å²) in [7, 11) is 0. The summed E-state index contributed by atoms with van der Waals surface area (Å²) in [5.41, 5.74) is 0. The maximum Gasteiger partial charge on any atom is 0.409 e. The maximum absolute atomic E-state index is 11.9. The molecular weight excluding hydrogens is 304 g/mol. The predicted octanol–water partition coefficient (Wildman–Crippen LogP) is 3.17. The van der Waals surface area contributed by atoms with Crippen LogP contribution in [-0.4, -0.2) is 55.0 Å². The summed E-state index contributed by atoms with van der Waals surface area (Å²) in [5.74, 6) is 1.47. The molecular formula is C19H36N2O3. The number of amides is 1. The number of aliphatic hydroxyl groups is 1. The van der Waals surface area contributed by atoms with Crippen LogP contribution < -0.4 is 5.32 Å². The number of hydrogen-bond donors (Lipinski definition) is 2. The van der Waals surface area contributed by atoms with Crippen molar-refractivity contribution < 1.29 is 14.6 Å². The van der Waals surface area contributed by atoms with E-state index in [9.17, 15) is 9.90 Å². The van der Waals surface area contributed by atoms with E-state index in [1.54, 1.807) is 0 Å². The molecule has 2 aliphatic rings. The number of nitrogens with one attached hydrogen (secondary N) is 1. The second-order valence-corrected chi connectivity index (χ2v) is 7.58. The van der Waals surface area contributed by atoms with E-state index in [4.69, 9.17) is 4.74 Å². The molecule has 1 amide bonds. The monoisotopic (exact) mass is 340 g/mol. The highest BCUT2D eigenvalue weighted by atomic mass is 16.6. The van der Waals surface area contributed by atoms with Gasteiger partial charge < -0.3 is 20.1 Å². The molecule has 1 atom stereocenters. The van der Waals surface area contributed by atoms with Crippen molar-refractivity contribution in [1.82, 2.24) is 10.2 Å². The van der Waals surface area contributed by atoms with Crippen LogP contribution in [-0.2, 0) is 4.74 Å². The summed E-state index contributed by atoms with van der Waals surface area (Å²) in [6.45, 7) is 6.29. The number of hydrogen-bond acceptors (Lipinski definition) is 4. The molecule has 0 bridgehead atoms. The van der Waals surface area contributed by atoms with Gasteiger partial charge in [0.1, 0.15) is 0 Å². The van der Waals surface area contributed by atoms with Crippen LogP contribution in [0.1, 0.15) is 64.7 Å². The zero-order chi connectivity index (χ0) is 17.2. The third kappa shape index (κ3) is 7.84. The summed E-state index contributed by atoms with van der Waals surface area (Å²) in [6.07, 6.45) is 9.50. The first kappa shape index (κ1) is 19.5. The molecule has 1 unspecified atom stereocenters. The van der Waals surface area contributed by atoms with E-state index >= 15 is 0 Å². The summed E-state index contributed by atoms with van der Waals surface area (Å²) < 4.78 is 5.27. The van der Waals surface area contributed by atoms with Gasteiger partial charge in [-0.25, -0.2) is 4.79 Å². The molecule has 0 aromatic heterocycles. The molecule has 1 heterocycles. The van der Waals surface area contributed by atoms with Crippen molar-refractivity contribution in [3.8, 4) is 0 Å². The molecule has 24 heavy (non-hydrogen) atoms. The maximum atomic E-state index is 11.9. The number of carbonyl (C=O) groups excluding carboxylic acids is 1. The smallest absolute Gasteiger partial charge is 0.409 e. The van der Waals surface area contributed by atoms with Crippen molar-refractivity contribution in [3.63, 3.8) is 0 Å². The Balaban J connectivity index is 1.45. The number of piperidine rings is 1. The molecule has 5 heteroatoms. The summed E-state index contributed by atoms with van der Waals surface area (Å²) in [6, 6.07) is 0. The fraction of sp³-hybridized carbons (Fsp3) is 0.947. The first-order chi connectivity index (χ1) is 11.7. The third-order valence-corrected chi connectivity index (χ3v) is 5.22. The van der Waals surface area contributed by atoms with Crippen molar-refractivity contribution in [2.75, 3.05) is 32.8 Å². The number of aliphatic hydroxyl groups excluding tert-OH is 1. The lowest BCUT2D eigenvalue weighted by Gasteiger charge is -2.31. The first-order valence-electron chi connectivity index (χ1n) is 9.99. The molecule has 1 saturated carbocycles. The van der Waals surface area contributed by atoms with Crippen molar-refractivity contribution in [1.29, 1.82) is 0 Å². The van der Waals surface area contributed by atoms with E-state index in [1.807, 2.05) is 4.90 Å². The van der Waals surface area contributed by atoms with Gasteiger partial charge in [-0.3, -0.25) is 0 Å². The lowest BCUT2D eigenvalue weighted by atomic mass is 9.97. The van der Waals surface area contributed by atoms with Crippen molar-refractivity contribution >= 4 is 6.09 Å². The minimum absolute atomic E-state index is 0.0961. The highest BCUT2D eigenvalue weighted by Gasteiger charge is 2.24. The lowest BCUT2D eigenvalue weighted by molar-refractivity contribution is 0.0865. The largest absolute Gasteiger partial charge is 0.449 e. The Morgan fingerprint density at radius 3 is 2.62 bits per heavy atom. The standard InChI is InChI=1S/C19H36N2O3/c1-2-3-13-24-19(23)21-11-8-17(9-12-21)15-20-10-4-5-18(22)14-16-6-7-16/h16-18,20,22H,2-15H2,1H3.